The van der Waals surface area contributed by atoms with Crippen molar-refractivity contribution in [3.05, 3.63) is 29.0 Å². The summed E-state index contributed by atoms with van der Waals surface area (Å²) < 4.78 is 23.8. The Bertz CT molecular complexity index is 1060. The zero-order valence-corrected chi connectivity index (χ0v) is 22.3. The molecule has 4 rings (SSSR count). The minimum atomic E-state index is -1.19. The Hall–Kier alpha value is -2.09. The number of hydrogen-bond donors (Lipinski definition) is 2. The summed E-state index contributed by atoms with van der Waals surface area (Å²) in [5.41, 5.74) is 2.07. The van der Waals surface area contributed by atoms with Gasteiger partial charge in [0.1, 0.15) is 29.6 Å². The van der Waals surface area contributed by atoms with Crippen LogP contribution < -0.4 is 4.74 Å². The highest BCUT2D eigenvalue weighted by molar-refractivity contribution is 5.88. The van der Waals surface area contributed by atoms with Crippen LogP contribution in [0.15, 0.2) is 16.7 Å². The lowest BCUT2D eigenvalue weighted by molar-refractivity contribution is -0.174. The van der Waals surface area contributed by atoms with Crippen LogP contribution >= 0.6 is 0 Å². The monoisotopic (exact) mass is 502 g/mol. The highest BCUT2D eigenvalue weighted by Gasteiger charge is 2.70. The molecule has 5 atom stereocenters. The van der Waals surface area contributed by atoms with Gasteiger partial charge in [-0.15, -0.1) is 0 Å². The molecule has 7 heteroatoms. The van der Waals surface area contributed by atoms with Crippen LogP contribution in [0, 0.1) is 5.92 Å². The van der Waals surface area contributed by atoms with Crippen LogP contribution in [0.1, 0.15) is 95.8 Å². The Labute approximate surface area is 214 Å². The molecule has 1 spiro atoms. The third-order valence-corrected chi connectivity index (χ3v) is 7.65. The van der Waals surface area contributed by atoms with Crippen molar-refractivity contribution in [1.29, 1.82) is 0 Å². The molecule has 0 amide bonds. The second-order valence-corrected chi connectivity index (χ2v) is 10.8. The van der Waals surface area contributed by atoms with Crippen molar-refractivity contribution in [3.63, 3.8) is 0 Å². The fraction of sp³-hybridized carbons (Fsp3) is 0.690. The number of carbonyl (C=O) groups excluding carboxylic acids is 1. The van der Waals surface area contributed by atoms with Crippen LogP contribution in [0.2, 0.25) is 0 Å². The van der Waals surface area contributed by atoms with Crippen molar-refractivity contribution in [1.82, 2.24) is 0 Å². The number of furan rings is 1. The molecule has 3 heterocycles. The van der Waals surface area contributed by atoms with Gasteiger partial charge < -0.3 is 28.8 Å². The number of epoxide rings is 1. The van der Waals surface area contributed by atoms with Gasteiger partial charge in [-0.3, -0.25) is 0 Å². The molecule has 2 saturated heterocycles. The minimum absolute atomic E-state index is 0.142. The van der Waals surface area contributed by atoms with Gasteiger partial charge in [0, 0.05) is 23.3 Å². The van der Waals surface area contributed by atoms with E-state index in [4.69, 9.17) is 18.6 Å². The molecule has 2 aliphatic rings. The second-order valence-electron chi connectivity index (χ2n) is 10.8. The van der Waals surface area contributed by atoms with Gasteiger partial charge in [0.15, 0.2) is 0 Å². The summed E-state index contributed by atoms with van der Waals surface area (Å²) in [5.74, 6) is 0.518. The van der Waals surface area contributed by atoms with Gasteiger partial charge in [-0.25, -0.2) is 4.79 Å². The Kier molecular flexibility index (Phi) is 8.32. The lowest BCUT2D eigenvalue weighted by Crippen LogP contribution is -2.51. The predicted octanol–water partition coefficient (Wildman–Crippen LogP) is 5.41. The molecule has 7 nitrogen and oxygen atoms in total. The topological polar surface area (TPSA) is 102 Å². The number of aliphatic hydroxyl groups excluding tert-OH is 2. The molecule has 0 aliphatic carbocycles. The van der Waals surface area contributed by atoms with Crippen LogP contribution in [-0.4, -0.2) is 46.7 Å². The Morgan fingerprint density at radius 1 is 1.22 bits per heavy atom. The molecule has 4 unspecified atom stereocenters. The summed E-state index contributed by atoms with van der Waals surface area (Å²) in [6.07, 6.45) is 5.48. The summed E-state index contributed by atoms with van der Waals surface area (Å²) in [4.78, 5) is 13.0. The average molecular weight is 503 g/mol. The number of fused-ring (bicyclic) bond motifs is 1. The number of ether oxygens (including phenoxy) is 3. The summed E-state index contributed by atoms with van der Waals surface area (Å²) >= 11 is 0. The van der Waals surface area contributed by atoms with E-state index in [1.807, 2.05) is 6.92 Å². The van der Waals surface area contributed by atoms with E-state index in [9.17, 15) is 15.0 Å². The molecule has 0 saturated carbocycles. The fourth-order valence-electron chi connectivity index (χ4n) is 5.79. The quantitative estimate of drug-likeness (QED) is 0.227. The van der Waals surface area contributed by atoms with Gasteiger partial charge in [-0.2, -0.15) is 0 Å². The summed E-state index contributed by atoms with van der Waals surface area (Å²) in [6.45, 7) is 10.9. The van der Waals surface area contributed by atoms with Crippen molar-refractivity contribution < 1.29 is 33.6 Å². The van der Waals surface area contributed by atoms with Gasteiger partial charge in [0.05, 0.1) is 25.0 Å². The SMILES string of the molecule is CCCCOc1c(CC(C)C)cc2c(C(CCC)[C@H]3CC(O)C4(OC4CC)C(=O)O3)coc2c1CO. The van der Waals surface area contributed by atoms with E-state index >= 15 is 0 Å². The molecule has 2 fully saturated rings. The van der Waals surface area contributed by atoms with Crippen LogP contribution in [-0.2, 0) is 27.3 Å². The molecular formula is C29H42O7. The van der Waals surface area contributed by atoms with Crippen LogP contribution in [0.4, 0.5) is 0 Å². The maximum absolute atomic E-state index is 13.0. The molecule has 1 aromatic carbocycles. The van der Waals surface area contributed by atoms with E-state index in [-0.39, 0.29) is 18.6 Å². The van der Waals surface area contributed by atoms with Gasteiger partial charge in [0.25, 0.3) is 0 Å². The Morgan fingerprint density at radius 2 is 2.00 bits per heavy atom. The maximum atomic E-state index is 13.0. The first-order valence-corrected chi connectivity index (χ1v) is 13.7. The summed E-state index contributed by atoms with van der Waals surface area (Å²) in [5, 5.41) is 22.2. The van der Waals surface area contributed by atoms with Crippen LogP contribution in [0.25, 0.3) is 11.0 Å². The molecule has 1 aromatic heterocycles. The third-order valence-electron chi connectivity index (χ3n) is 7.65. The van der Waals surface area contributed by atoms with E-state index in [2.05, 4.69) is 33.8 Å². The number of rotatable bonds is 12. The van der Waals surface area contributed by atoms with E-state index in [1.165, 1.54) is 0 Å². The predicted molar refractivity (Wildman–Crippen MR) is 137 cm³/mol. The van der Waals surface area contributed by atoms with Crippen molar-refractivity contribution in [2.24, 2.45) is 5.92 Å². The number of carbonyl (C=O) groups is 1. The van der Waals surface area contributed by atoms with E-state index < -0.39 is 23.8 Å². The molecular weight excluding hydrogens is 460 g/mol. The van der Waals surface area contributed by atoms with Crippen LogP contribution in [0.3, 0.4) is 0 Å². The van der Waals surface area contributed by atoms with Gasteiger partial charge >= 0.3 is 5.97 Å². The lowest BCUT2D eigenvalue weighted by atomic mass is 9.81. The third kappa shape index (κ3) is 4.77. The number of unbranched alkanes of at least 4 members (excludes halogenated alkanes) is 1. The number of hydrogen-bond acceptors (Lipinski definition) is 7. The van der Waals surface area contributed by atoms with Crippen molar-refractivity contribution >= 4 is 16.9 Å². The highest BCUT2D eigenvalue weighted by Crippen LogP contribution is 2.50. The summed E-state index contributed by atoms with van der Waals surface area (Å²) in [6, 6.07) is 2.12. The van der Waals surface area contributed by atoms with Crippen molar-refractivity contribution in [3.8, 4) is 5.75 Å². The lowest BCUT2D eigenvalue weighted by Gasteiger charge is -2.35. The number of cyclic esters (lactones) is 1. The Balaban J connectivity index is 1.73. The van der Waals surface area contributed by atoms with Crippen molar-refractivity contribution in [2.45, 2.75) is 116 Å². The van der Waals surface area contributed by atoms with Gasteiger partial charge in [0.2, 0.25) is 5.60 Å². The first-order valence-electron chi connectivity index (χ1n) is 13.7. The first kappa shape index (κ1) is 27.0. The molecule has 2 N–H and O–H groups in total. The number of esters is 1. The number of benzene rings is 1. The molecule has 0 radical (unpaired) electrons. The minimum Gasteiger partial charge on any atom is -0.493 e. The second kappa shape index (κ2) is 11.1. The van der Waals surface area contributed by atoms with Crippen molar-refractivity contribution in [2.75, 3.05) is 6.61 Å². The molecule has 0 bridgehead atoms. The first-order chi connectivity index (χ1) is 17.3. The van der Waals surface area contributed by atoms with Gasteiger partial charge in [-0.05, 0) is 43.2 Å². The zero-order valence-electron chi connectivity index (χ0n) is 22.3. The Morgan fingerprint density at radius 3 is 2.58 bits per heavy atom. The number of aliphatic hydroxyl groups is 2. The molecule has 36 heavy (non-hydrogen) atoms. The normalized spacial score (nSPS) is 26.6. The summed E-state index contributed by atoms with van der Waals surface area (Å²) in [7, 11) is 0. The highest BCUT2D eigenvalue weighted by atomic mass is 16.7. The van der Waals surface area contributed by atoms with E-state index in [0.29, 0.717) is 36.5 Å². The maximum Gasteiger partial charge on any atom is 0.344 e. The van der Waals surface area contributed by atoms with Crippen LogP contribution in [0.5, 0.6) is 5.75 Å². The molecule has 200 valence electrons. The molecule has 2 aliphatic heterocycles. The standard InChI is InChI=1S/C29H42O7/c1-6-9-11-33-26-18(12-17(4)5)13-20-22(16-34-27(20)21(26)15-30)19(10-7-2)23-14-24(31)29(28(32)35-23)25(8-3)36-29/h13,16-17,19,23-25,30-31H,6-12,14-15H2,1-5H3/t19?,23-,24?,25?,29?/m1/s1. The van der Waals surface area contributed by atoms with Gasteiger partial charge in [-0.1, -0.05) is 47.5 Å². The van der Waals surface area contributed by atoms with E-state index in [0.717, 1.165) is 54.4 Å². The average Bonchev–Trinajstić information content (AvgIpc) is 3.46. The smallest absolute Gasteiger partial charge is 0.344 e. The fourth-order valence-corrected chi connectivity index (χ4v) is 5.79. The van der Waals surface area contributed by atoms with E-state index in [1.54, 1.807) is 6.26 Å². The molecule has 2 aromatic rings. The zero-order chi connectivity index (χ0) is 26.0. The largest absolute Gasteiger partial charge is 0.493 e.